The summed E-state index contributed by atoms with van der Waals surface area (Å²) in [5.74, 6) is 10.7. The second-order valence-corrected chi connectivity index (χ2v) is 1.59. The highest BCUT2D eigenvalue weighted by atomic mass is 16.7. The molecule has 0 aliphatic heterocycles. The van der Waals surface area contributed by atoms with E-state index in [0.29, 0.717) is 0 Å². The van der Waals surface area contributed by atoms with Crippen molar-refractivity contribution in [2.24, 2.45) is 22.1 Å². The van der Waals surface area contributed by atoms with Crippen molar-refractivity contribution in [2.45, 2.75) is 12.5 Å². The Morgan fingerprint density at radius 1 is 1.82 bits per heavy atom. The van der Waals surface area contributed by atoms with Gasteiger partial charge in [-0.1, -0.05) is 5.22 Å². The Balaban J connectivity index is 4.11. The normalized spacial score (nSPS) is 12.4. The van der Waals surface area contributed by atoms with E-state index in [9.17, 15) is 4.79 Å². The third-order valence-corrected chi connectivity index (χ3v) is 0.905. The van der Waals surface area contributed by atoms with Gasteiger partial charge in [0, 0.05) is 6.42 Å². The van der Waals surface area contributed by atoms with Crippen LogP contribution in [0.2, 0.25) is 0 Å². The van der Waals surface area contributed by atoms with Crippen molar-refractivity contribution >= 4 is 5.97 Å². The van der Waals surface area contributed by atoms with Gasteiger partial charge < -0.3 is 10.7 Å². The molecule has 0 aromatic rings. The zero-order chi connectivity index (χ0) is 8.69. The predicted molar refractivity (Wildman–Crippen MR) is 36.6 cm³/mol. The Morgan fingerprint density at radius 3 is 2.82 bits per heavy atom. The van der Waals surface area contributed by atoms with Crippen molar-refractivity contribution in [1.29, 1.82) is 0 Å². The van der Waals surface area contributed by atoms with Crippen molar-refractivity contribution in [3.63, 3.8) is 0 Å². The van der Waals surface area contributed by atoms with Crippen LogP contribution in [-0.2, 0) is 9.63 Å². The van der Waals surface area contributed by atoms with E-state index < -0.39 is 12.0 Å². The van der Waals surface area contributed by atoms with Crippen LogP contribution in [0.25, 0.3) is 0 Å². The van der Waals surface area contributed by atoms with E-state index in [4.69, 9.17) is 12.3 Å². The molecule has 0 unspecified atom stereocenters. The van der Waals surface area contributed by atoms with Gasteiger partial charge in [-0.05, 0) is 0 Å². The summed E-state index contributed by atoms with van der Waals surface area (Å²) in [7, 11) is 0. The van der Waals surface area contributed by atoms with Crippen LogP contribution in [0.15, 0.2) is 10.3 Å². The summed E-state index contributed by atoms with van der Waals surface area (Å²) in [4.78, 5) is 14.5. The summed E-state index contributed by atoms with van der Waals surface area (Å²) < 4.78 is 0. The molecule has 0 rings (SSSR count). The monoisotopic (exact) mass is 156 g/mol. The molecule has 0 radical (unpaired) electrons. The maximum Gasteiger partial charge on any atom is 0.352 e. The Hall–Kier alpha value is -1.61. The predicted octanol–water partition coefficient (Wildman–Crippen LogP) is -0.879. The maximum atomic E-state index is 10.6. The molecule has 6 heteroatoms. The summed E-state index contributed by atoms with van der Waals surface area (Å²) in [6.07, 6.45) is 4.98. The van der Waals surface area contributed by atoms with Gasteiger partial charge in [0.05, 0.1) is 0 Å². The van der Waals surface area contributed by atoms with Crippen LogP contribution in [0, 0.1) is 12.3 Å². The van der Waals surface area contributed by atoms with E-state index in [0.717, 1.165) is 0 Å². The van der Waals surface area contributed by atoms with Gasteiger partial charge >= 0.3 is 5.97 Å². The third kappa shape index (κ3) is 3.17. The summed E-state index contributed by atoms with van der Waals surface area (Å²) in [5, 5.41) is 6.19. The molecule has 0 aromatic heterocycles. The number of hydrogen-bond acceptors (Lipinski definition) is 5. The lowest BCUT2D eigenvalue weighted by atomic mass is 10.2. The molecule has 0 saturated carbocycles. The van der Waals surface area contributed by atoms with Gasteiger partial charge in [-0.3, -0.25) is 0 Å². The molecule has 0 amide bonds. The second kappa shape index (κ2) is 5.20. The molecule has 0 spiro atoms. The Morgan fingerprint density at radius 2 is 2.45 bits per heavy atom. The third-order valence-electron chi connectivity index (χ3n) is 0.905. The molecule has 0 aliphatic rings. The number of terminal acetylenes is 1. The van der Waals surface area contributed by atoms with Gasteiger partial charge in [0.15, 0.2) is 6.04 Å². The second-order valence-electron chi connectivity index (χ2n) is 1.59. The number of carbonyl (C=O) groups is 1. The molecule has 0 saturated heterocycles. The summed E-state index contributed by atoms with van der Waals surface area (Å²) in [6.45, 7) is 0. The molecule has 0 aliphatic carbocycles. The first-order valence-electron chi connectivity index (χ1n) is 2.70. The zero-order valence-corrected chi connectivity index (χ0v) is 5.73. The highest BCUT2D eigenvalue weighted by Crippen LogP contribution is 1.98. The average Bonchev–Trinajstić information content (AvgIpc) is 2.03. The average molecular weight is 156 g/mol. The van der Waals surface area contributed by atoms with E-state index in [1.807, 2.05) is 0 Å². The molecule has 0 aromatic carbocycles. The van der Waals surface area contributed by atoms with E-state index in [2.05, 4.69) is 27.0 Å². The lowest BCUT2D eigenvalue weighted by molar-refractivity contribution is -0.145. The zero-order valence-electron chi connectivity index (χ0n) is 5.73. The van der Waals surface area contributed by atoms with Gasteiger partial charge in [0.2, 0.25) is 0 Å². The van der Waals surface area contributed by atoms with Gasteiger partial charge in [0.25, 0.3) is 0 Å². The number of nitrogens with zero attached hydrogens (tertiary/aromatic N) is 2. The quantitative estimate of drug-likeness (QED) is 0.239. The molecule has 0 bridgehead atoms. The summed E-state index contributed by atoms with van der Waals surface area (Å²) in [6, 6.07) is -0.894. The van der Waals surface area contributed by atoms with E-state index in [1.54, 1.807) is 0 Å². The van der Waals surface area contributed by atoms with Gasteiger partial charge in [-0.15, -0.1) is 12.3 Å². The standard InChI is InChI=1S/C5H8N4O2/c1-2-3-4(8-9-6)5(10)11-7/h1,4H,3,7H2,(H2,6,8)/t4-/m0/s1. The molecular weight excluding hydrogens is 148 g/mol. The van der Waals surface area contributed by atoms with E-state index >= 15 is 0 Å². The number of nitrogens with two attached hydrogens (primary N) is 2. The van der Waals surface area contributed by atoms with Crippen LogP contribution in [0.5, 0.6) is 0 Å². The smallest absolute Gasteiger partial charge is 0.352 e. The molecule has 0 heterocycles. The fourth-order valence-corrected chi connectivity index (χ4v) is 0.442. The largest absolute Gasteiger partial charge is 0.372 e. The maximum absolute atomic E-state index is 10.6. The van der Waals surface area contributed by atoms with E-state index in [-0.39, 0.29) is 6.42 Å². The van der Waals surface area contributed by atoms with Crippen molar-refractivity contribution in [3.05, 3.63) is 0 Å². The highest BCUT2D eigenvalue weighted by Gasteiger charge is 2.17. The molecule has 60 valence electrons. The molecule has 11 heavy (non-hydrogen) atoms. The molecule has 0 fully saturated rings. The lowest BCUT2D eigenvalue weighted by Crippen LogP contribution is -2.23. The van der Waals surface area contributed by atoms with Crippen molar-refractivity contribution < 1.29 is 9.63 Å². The van der Waals surface area contributed by atoms with Crippen LogP contribution in [0.3, 0.4) is 0 Å². The minimum absolute atomic E-state index is 0.0662. The summed E-state index contributed by atoms with van der Waals surface area (Å²) >= 11 is 0. The van der Waals surface area contributed by atoms with Crippen LogP contribution >= 0.6 is 0 Å². The molecule has 1 atom stereocenters. The number of rotatable bonds is 3. The van der Waals surface area contributed by atoms with Crippen molar-refractivity contribution in [1.82, 2.24) is 0 Å². The van der Waals surface area contributed by atoms with Crippen molar-refractivity contribution in [3.8, 4) is 12.3 Å². The molecular formula is C5H8N4O2. The van der Waals surface area contributed by atoms with Crippen LogP contribution in [0.1, 0.15) is 6.42 Å². The Labute approximate surface area is 63.5 Å². The van der Waals surface area contributed by atoms with Gasteiger partial charge in [-0.2, -0.15) is 11.0 Å². The first-order valence-corrected chi connectivity index (χ1v) is 2.70. The number of hydrogen-bond donors (Lipinski definition) is 2. The minimum Gasteiger partial charge on any atom is -0.372 e. The Bertz CT molecular complexity index is 195. The van der Waals surface area contributed by atoms with Gasteiger partial charge in [-0.25, -0.2) is 4.79 Å². The first-order chi connectivity index (χ1) is 5.26. The van der Waals surface area contributed by atoms with E-state index in [1.165, 1.54) is 0 Å². The van der Waals surface area contributed by atoms with Gasteiger partial charge in [0.1, 0.15) is 0 Å². The minimum atomic E-state index is -0.894. The SMILES string of the molecule is C#CC[C@H](N=NN)C(=O)ON. The first kappa shape index (κ1) is 9.39. The fourth-order valence-electron chi connectivity index (χ4n) is 0.442. The highest BCUT2D eigenvalue weighted by molar-refractivity contribution is 5.75. The van der Waals surface area contributed by atoms with Crippen LogP contribution in [0.4, 0.5) is 0 Å². The summed E-state index contributed by atoms with van der Waals surface area (Å²) in [5.41, 5.74) is 0. The lowest BCUT2D eigenvalue weighted by Gasteiger charge is -2.01. The number of carbonyl (C=O) groups excluding carboxylic acids is 1. The van der Waals surface area contributed by atoms with Crippen LogP contribution in [-0.4, -0.2) is 12.0 Å². The molecule has 6 nitrogen and oxygen atoms in total. The Kier molecular flexibility index (Phi) is 4.44. The van der Waals surface area contributed by atoms with Crippen LogP contribution < -0.4 is 11.7 Å². The molecule has 4 N–H and O–H groups in total. The topological polar surface area (TPSA) is 103 Å². The fraction of sp³-hybridized carbons (Fsp3) is 0.400. The van der Waals surface area contributed by atoms with Crippen molar-refractivity contribution in [2.75, 3.05) is 0 Å².